The summed E-state index contributed by atoms with van der Waals surface area (Å²) in [6, 6.07) is 0. The monoisotopic (exact) mass is 373 g/mol. The molecule has 2 fully saturated rings. The summed E-state index contributed by atoms with van der Waals surface area (Å²) in [6.45, 7) is 15.5. The van der Waals surface area contributed by atoms with Crippen molar-refractivity contribution in [3.63, 3.8) is 0 Å². The molecule has 2 aliphatic carbocycles. The lowest BCUT2D eigenvalue weighted by Crippen LogP contribution is -2.60. The summed E-state index contributed by atoms with van der Waals surface area (Å²) in [5.41, 5.74) is 3.37. The molecule has 1 atom stereocenters. The average Bonchev–Trinajstić information content (AvgIpc) is 2.53. The summed E-state index contributed by atoms with van der Waals surface area (Å²) in [4.78, 5) is 26.5. The van der Waals surface area contributed by atoms with Gasteiger partial charge in [0, 0.05) is 24.9 Å². The van der Waals surface area contributed by atoms with Crippen molar-refractivity contribution in [3.8, 4) is 0 Å². The number of nitrogens with zero attached hydrogens (tertiary/aromatic N) is 1. The fraction of sp³-hybridized carbons (Fsp3) is 0.739. The molecule has 0 aromatic rings. The Morgan fingerprint density at radius 1 is 1.19 bits per heavy atom. The first-order valence-electron chi connectivity index (χ1n) is 10.4. The van der Waals surface area contributed by atoms with Crippen molar-refractivity contribution in [3.05, 3.63) is 23.3 Å². The molecule has 1 amide bonds. The van der Waals surface area contributed by atoms with E-state index in [1.165, 1.54) is 5.57 Å². The highest BCUT2D eigenvalue weighted by Gasteiger charge is 2.48. The number of hydrogen-bond acceptors (Lipinski definition) is 3. The van der Waals surface area contributed by atoms with Gasteiger partial charge in [-0.1, -0.05) is 17.7 Å². The Bertz CT molecular complexity index is 666. The lowest BCUT2D eigenvalue weighted by atomic mass is 9.63. The van der Waals surface area contributed by atoms with Crippen molar-refractivity contribution in [2.24, 2.45) is 17.3 Å². The van der Waals surface area contributed by atoms with Gasteiger partial charge in [0.1, 0.15) is 5.60 Å². The molecule has 1 aliphatic heterocycles. The molecular formula is C23H35NO3. The van der Waals surface area contributed by atoms with E-state index in [2.05, 4.69) is 6.58 Å². The van der Waals surface area contributed by atoms with Gasteiger partial charge in [-0.15, -0.1) is 0 Å². The number of allylic oxidation sites excluding steroid dienone is 3. The fourth-order valence-corrected chi connectivity index (χ4v) is 4.98. The summed E-state index contributed by atoms with van der Waals surface area (Å²) >= 11 is 0. The van der Waals surface area contributed by atoms with Gasteiger partial charge in [-0.3, -0.25) is 4.79 Å². The lowest BCUT2D eigenvalue weighted by molar-refractivity contribution is -0.116. The fourth-order valence-electron chi connectivity index (χ4n) is 4.98. The molecule has 4 heteroatoms. The topological polar surface area (TPSA) is 46.6 Å². The molecule has 4 nitrogen and oxygen atoms in total. The van der Waals surface area contributed by atoms with Gasteiger partial charge in [-0.25, -0.2) is 4.79 Å². The molecule has 0 radical (unpaired) electrons. The van der Waals surface area contributed by atoms with E-state index >= 15 is 0 Å². The molecule has 0 aromatic heterocycles. The van der Waals surface area contributed by atoms with Crippen molar-refractivity contribution in [1.29, 1.82) is 0 Å². The number of carbonyl (C=O) groups excluding carboxylic acids is 2. The molecule has 0 aromatic carbocycles. The number of Topliss-reactive ketones (excluding diaryl/α,β-unsaturated/α-hetero) is 1. The Morgan fingerprint density at radius 2 is 1.78 bits per heavy atom. The number of likely N-dealkylation sites (tertiary alicyclic amines) is 1. The molecule has 1 unspecified atom stereocenters. The van der Waals surface area contributed by atoms with E-state index in [1.807, 2.05) is 39.5 Å². The van der Waals surface area contributed by atoms with E-state index in [0.29, 0.717) is 24.0 Å². The first kappa shape index (κ1) is 20.2. The third kappa shape index (κ3) is 4.30. The van der Waals surface area contributed by atoms with E-state index in [-0.39, 0.29) is 11.5 Å². The SMILES string of the molecule is C=C(C)C1CC(=O)C(C)=C(C2CCC3(CC2)CN(C(=O)OC(C)(C)C)C3)C1. The minimum absolute atomic E-state index is 0.184. The van der Waals surface area contributed by atoms with E-state index in [1.54, 1.807) is 0 Å². The predicted molar refractivity (Wildman–Crippen MR) is 107 cm³/mol. The highest BCUT2D eigenvalue weighted by Crippen LogP contribution is 2.49. The van der Waals surface area contributed by atoms with Gasteiger partial charge in [0.2, 0.25) is 0 Å². The summed E-state index contributed by atoms with van der Waals surface area (Å²) < 4.78 is 5.49. The second-order valence-corrected chi connectivity index (χ2v) is 10.1. The standard InChI is InChI=1S/C23H35NO3/c1-15(2)18-11-19(16(3)20(25)12-18)17-7-9-23(10-8-17)13-24(14-23)21(26)27-22(4,5)6/h17-18H,1,7-14H2,2-6H3. The van der Waals surface area contributed by atoms with E-state index in [0.717, 1.165) is 56.3 Å². The second kappa shape index (κ2) is 7.10. The Labute approximate surface area is 164 Å². The molecule has 3 aliphatic rings. The maximum atomic E-state index is 12.4. The van der Waals surface area contributed by atoms with E-state index in [4.69, 9.17) is 4.74 Å². The molecule has 150 valence electrons. The summed E-state index contributed by atoms with van der Waals surface area (Å²) in [7, 11) is 0. The van der Waals surface area contributed by atoms with Gasteiger partial charge in [-0.05, 0) is 84.1 Å². The quantitative estimate of drug-likeness (QED) is 0.618. The summed E-state index contributed by atoms with van der Waals surface area (Å²) in [6.07, 6.45) is 5.99. The number of ether oxygens (including phenoxy) is 1. The third-order valence-electron chi connectivity index (χ3n) is 6.74. The number of ketones is 1. The zero-order valence-corrected chi connectivity index (χ0v) is 17.7. The molecular weight excluding hydrogens is 338 g/mol. The zero-order valence-electron chi connectivity index (χ0n) is 17.7. The first-order valence-corrected chi connectivity index (χ1v) is 10.4. The first-order chi connectivity index (χ1) is 12.5. The van der Waals surface area contributed by atoms with Crippen molar-refractivity contribution >= 4 is 11.9 Å². The molecule has 1 saturated carbocycles. The smallest absolute Gasteiger partial charge is 0.410 e. The van der Waals surface area contributed by atoms with Crippen LogP contribution in [0.15, 0.2) is 23.3 Å². The van der Waals surface area contributed by atoms with Gasteiger partial charge in [0.15, 0.2) is 5.78 Å². The molecule has 1 spiro atoms. The summed E-state index contributed by atoms with van der Waals surface area (Å²) in [5, 5.41) is 0. The van der Waals surface area contributed by atoms with Crippen LogP contribution in [-0.2, 0) is 9.53 Å². The van der Waals surface area contributed by atoms with Gasteiger partial charge in [-0.2, -0.15) is 0 Å². The van der Waals surface area contributed by atoms with Crippen molar-refractivity contribution in [1.82, 2.24) is 4.90 Å². The average molecular weight is 374 g/mol. The molecule has 27 heavy (non-hydrogen) atoms. The molecule has 1 saturated heterocycles. The van der Waals surface area contributed by atoms with Gasteiger partial charge < -0.3 is 9.64 Å². The molecule has 0 N–H and O–H groups in total. The Hall–Kier alpha value is -1.58. The number of rotatable bonds is 2. The van der Waals surface area contributed by atoms with Crippen LogP contribution in [0, 0.1) is 17.3 Å². The Morgan fingerprint density at radius 3 is 2.30 bits per heavy atom. The summed E-state index contributed by atoms with van der Waals surface area (Å²) in [5.74, 6) is 1.15. The Kier molecular flexibility index (Phi) is 5.31. The molecule has 0 bridgehead atoms. The molecule has 3 rings (SSSR count). The number of hydrogen-bond donors (Lipinski definition) is 0. The highest BCUT2D eigenvalue weighted by molar-refractivity contribution is 5.96. The van der Waals surface area contributed by atoms with Crippen LogP contribution in [0.2, 0.25) is 0 Å². The van der Waals surface area contributed by atoms with Gasteiger partial charge >= 0.3 is 6.09 Å². The van der Waals surface area contributed by atoms with Crippen LogP contribution >= 0.6 is 0 Å². The van der Waals surface area contributed by atoms with Crippen LogP contribution in [0.4, 0.5) is 4.79 Å². The zero-order chi connectivity index (χ0) is 20.0. The lowest BCUT2D eigenvalue weighted by Gasteiger charge is -2.53. The van der Waals surface area contributed by atoms with Crippen molar-refractivity contribution < 1.29 is 14.3 Å². The number of carbonyl (C=O) groups is 2. The maximum absolute atomic E-state index is 12.4. The van der Waals surface area contributed by atoms with Crippen LogP contribution < -0.4 is 0 Å². The largest absolute Gasteiger partial charge is 0.444 e. The van der Waals surface area contributed by atoms with Crippen LogP contribution in [0.25, 0.3) is 0 Å². The van der Waals surface area contributed by atoms with E-state index < -0.39 is 5.60 Å². The highest BCUT2D eigenvalue weighted by atomic mass is 16.6. The van der Waals surface area contributed by atoms with Gasteiger partial charge in [0.05, 0.1) is 0 Å². The van der Waals surface area contributed by atoms with E-state index in [9.17, 15) is 9.59 Å². The predicted octanol–water partition coefficient (Wildman–Crippen LogP) is 5.29. The normalized spacial score (nSPS) is 26.2. The number of amides is 1. The van der Waals surface area contributed by atoms with Crippen LogP contribution in [0.5, 0.6) is 0 Å². The maximum Gasteiger partial charge on any atom is 0.410 e. The van der Waals surface area contributed by atoms with Crippen LogP contribution in [0.3, 0.4) is 0 Å². The molecule has 1 heterocycles. The van der Waals surface area contributed by atoms with Gasteiger partial charge in [0.25, 0.3) is 0 Å². The van der Waals surface area contributed by atoms with Crippen LogP contribution in [0.1, 0.15) is 73.1 Å². The Balaban J connectivity index is 1.57. The van der Waals surface area contributed by atoms with Crippen LogP contribution in [-0.4, -0.2) is 35.5 Å². The third-order valence-corrected chi connectivity index (χ3v) is 6.74. The van der Waals surface area contributed by atoms with Crippen molar-refractivity contribution in [2.75, 3.05) is 13.1 Å². The van der Waals surface area contributed by atoms with Crippen molar-refractivity contribution in [2.45, 2.75) is 78.7 Å². The minimum atomic E-state index is -0.436. The second-order valence-electron chi connectivity index (χ2n) is 10.1. The minimum Gasteiger partial charge on any atom is -0.444 e.